The lowest BCUT2D eigenvalue weighted by Gasteiger charge is -2.16. The Morgan fingerprint density at radius 2 is 2.11 bits per heavy atom. The van der Waals surface area contributed by atoms with Gasteiger partial charge in [0.2, 0.25) is 0 Å². The lowest BCUT2D eigenvalue weighted by molar-refractivity contribution is 0.415. The van der Waals surface area contributed by atoms with Crippen LogP contribution in [0, 0.1) is 0 Å². The van der Waals surface area contributed by atoms with Crippen molar-refractivity contribution in [3.05, 3.63) is 53.6 Å². The minimum Gasteiger partial charge on any atom is -0.508 e. The third-order valence-corrected chi connectivity index (χ3v) is 3.61. The van der Waals surface area contributed by atoms with E-state index in [2.05, 4.69) is 5.32 Å². The van der Waals surface area contributed by atoms with E-state index < -0.39 is 0 Å². The van der Waals surface area contributed by atoms with Crippen molar-refractivity contribution in [3.63, 3.8) is 0 Å². The van der Waals surface area contributed by atoms with Gasteiger partial charge in [-0.1, -0.05) is 12.1 Å². The molecule has 0 fully saturated rings. The molecule has 3 rings (SSSR count). The summed E-state index contributed by atoms with van der Waals surface area (Å²) in [6, 6.07) is 13.9. The Hall–Kier alpha value is -2.16. The molecule has 0 amide bonds. The van der Waals surface area contributed by atoms with Gasteiger partial charge in [-0.2, -0.15) is 0 Å². The third-order valence-electron chi connectivity index (χ3n) is 3.61. The molecule has 0 saturated carbocycles. The molecule has 2 N–H and O–H groups in total. The van der Waals surface area contributed by atoms with Crippen LogP contribution in [0.2, 0.25) is 0 Å². The van der Waals surface area contributed by atoms with Crippen molar-refractivity contribution in [1.29, 1.82) is 0 Å². The number of aromatic hydroxyl groups is 1. The summed E-state index contributed by atoms with van der Waals surface area (Å²) in [7, 11) is 1.67. The molecule has 1 aliphatic rings. The van der Waals surface area contributed by atoms with Crippen LogP contribution in [0.1, 0.15) is 23.6 Å². The maximum Gasteiger partial charge on any atom is 0.120 e. The van der Waals surface area contributed by atoms with Gasteiger partial charge in [0.25, 0.3) is 0 Å². The zero-order chi connectivity index (χ0) is 13.2. The maximum absolute atomic E-state index is 9.50. The third kappa shape index (κ3) is 2.36. The van der Waals surface area contributed by atoms with Crippen LogP contribution in [0.15, 0.2) is 42.5 Å². The summed E-state index contributed by atoms with van der Waals surface area (Å²) < 4.78 is 5.23. The van der Waals surface area contributed by atoms with Crippen LogP contribution >= 0.6 is 0 Å². The van der Waals surface area contributed by atoms with E-state index in [4.69, 9.17) is 4.74 Å². The van der Waals surface area contributed by atoms with Crippen LogP contribution in [0.5, 0.6) is 11.5 Å². The Kier molecular flexibility index (Phi) is 3.03. The summed E-state index contributed by atoms with van der Waals surface area (Å²) in [6.07, 6.45) is 2.06. The highest BCUT2D eigenvalue weighted by Gasteiger charge is 2.22. The number of nitrogens with one attached hydrogen (secondary N) is 1. The molecule has 0 saturated heterocycles. The molecule has 0 aliphatic heterocycles. The van der Waals surface area contributed by atoms with Gasteiger partial charge < -0.3 is 15.2 Å². The molecule has 1 unspecified atom stereocenters. The summed E-state index contributed by atoms with van der Waals surface area (Å²) in [5.41, 5.74) is 3.58. The predicted molar refractivity (Wildman–Crippen MR) is 75.8 cm³/mol. The van der Waals surface area contributed by atoms with Gasteiger partial charge in [-0.05, 0) is 48.2 Å². The van der Waals surface area contributed by atoms with Crippen molar-refractivity contribution in [2.75, 3.05) is 12.4 Å². The van der Waals surface area contributed by atoms with E-state index in [0.717, 1.165) is 24.3 Å². The normalized spacial score (nSPS) is 17.0. The first-order valence-corrected chi connectivity index (χ1v) is 6.48. The molecule has 0 bridgehead atoms. The number of aryl methyl sites for hydroxylation is 1. The summed E-state index contributed by atoms with van der Waals surface area (Å²) in [6.45, 7) is 0. The molecule has 0 aromatic heterocycles. The monoisotopic (exact) mass is 255 g/mol. The highest BCUT2D eigenvalue weighted by Crippen LogP contribution is 2.35. The van der Waals surface area contributed by atoms with Gasteiger partial charge >= 0.3 is 0 Å². The van der Waals surface area contributed by atoms with Crippen LogP contribution in [0.4, 0.5) is 5.69 Å². The van der Waals surface area contributed by atoms with E-state index in [1.807, 2.05) is 36.4 Å². The number of phenolic OH excluding ortho intramolecular Hbond substituents is 1. The maximum atomic E-state index is 9.50. The number of fused-ring (bicyclic) bond motifs is 1. The van der Waals surface area contributed by atoms with E-state index in [-0.39, 0.29) is 0 Å². The second kappa shape index (κ2) is 4.84. The Morgan fingerprint density at radius 1 is 1.21 bits per heavy atom. The van der Waals surface area contributed by atoms with Crippen LogP contribution in [-0.2, 0) is 6.42 Å². The second-order valence-electron chi connectivity index (χ2n) is 4.85. The number of methoxy groups -OCH3 is 1. The van der Waals surface area contributed by atoms with Gasteiger partial charge in [-0.25, -0.2) is 0 Å². The fourth-order valence-electron chi connectivity index (χ4n) is 2.67. The standard InChI is InChI=1S/C16H17NO2/c1-19-14-4-2-3-12(10-14)17-16-8-5-11-9-13(18)6-7-15(11)16/h2-4,6-7,9-10,16-18H,5,8H2,1H3. The highest BCUT2D eigenvalue weighted by molar-refractivity contribution is 5.52. The number of benzene rings is 2. The lowest BCUT2D eigenvalue weighted by Crippen LogP contribution is -2.06. The summed E-state index contributed by atoms with van der Waals surface area (Å²) >= 11 is 0. The molecule has 0 heterocycles. The molecule has 0 spiro atoms. The molecule has 98 valence electrons. The first-order chi connectivity index (χ1) is 9.26. The van der Waals surface area contributed by atoms with Gasteiger partial charge in [-0.3, -0.25) is 0 Å². The van der Waals surface area contributed by atoms with E-state index >= 15 is 0 Å². The largest absolute Gasteiger partial charge is 0.508 e. The molecular weight excluding hydrogens is 238 g/mol. The van der Waals surface area contributed by atoms with E-state index in [1.54, 1.807) is 13.2 Å². The number of ether oxygens (including phenoxy) is 1. The number of hydrogen-bond donors (Lipinski definition) is 2. The minimum atomic E-state index is 0.308. The Balaban J connectivity index is 1.82. The Labute approximate surface area is 112 Å². The lowest BCUT2D eigenvalue weighted by atomic mass is 10.1. The second-order valence-corrected chi connectivity index (χ2v) is 4.85. The first-order valence-electron chi connectivity index (χ1n) is 6.48. The average molecular weight is 255 g/mol. The van der Waals surface area contributed by atoms with Gasteiger partial charge in [0.05, 0.1) is 13.2 Å². The van der Waals surface area contributed by atoms with E-state index in [1.165, 1.54) is 11.1 Å². The predicted octanol–water partition coefficient (Wildman–Crippen LogP) is 3.50. The zero-order valence-electron chi connectivity index (χ0n) is 10.9. The highest BCUT2D eigenvalue weighted by atomic mass is 16.5. The SMILES string of the molecule is COc1cccc(NC2CCc3cc(O)ccc32)c1. The van der Waals surface area contributed by atoms with Gasteiger partial charge in [0, 0.05) is 11.8 Å². The molecule has 1 aliphatic carbocycles. The number of anilines is 1. The van der Waals surface area contributed by atoms with Crippen molar-refractivity contribution >= 4 is 5.69 Å². The van der Waals surface area contributed by atoms with Gasteiger partial charge in [0.1, 0.15) is 11.5 Å². The Morgan fingerprint density at radius 3 is 2.95 bits per heavy atom. The number of hydrogen-bond acceptors (Lipinski definition) is 3. The van der Waals surface area contributed by atoms with Crippen LogP contribution in [0.25, 0.3) is 0 Å². The molecular formula is C16H17NO2. The van der Waals surface area contributed by atoms with Crippen molar-refractivity contribution in [3.8, 4) is 11.5 Å². The fraction of sp³-hybridized carbons (Fsp3) is 0.250. The average Bonchev–Trinajstić information content (AvgIpc) is 2.81. The molecule has 19 heavy (non-hydrogen) atoms. The molecule has 0 radical (unpaired) electrons. The quantitative estimate of drug-likeness (QED) is 0.882. The molecule has 2 aromatic rings. The topological polar surface area (TPSA) is 41.5 Å². The molecule has 3 nitrogen and oxygen atoms in total. The summed E-state index contributed by atoms with van der Waals surface area (Å²) in [5.74, 6) is 1.20. The van der Waals surface area contributed by atoms with Crippen molar-refractivity contribution < 1.29 is 9.84 Å². The Bertz CT molecular complexity index is 595. The van der Waals surface area contributed by atoms with Crippen molar-refractivity contribution in [1.82, 2.24) is 0 Å². The molecule has 2 aromatic carbocycles. The first kappa shape index (κ1) is 11.9. The fourth-order valence-corrected chi connectivity index (χ4v) is 2.67. The van der Waals surface area contributed by atoms with Crippen LogP contribution in [0.3, 0.4) is 0 Å². The van der Waals surface area contributed by atoms with Crippen LogP contribution in [-0.4, -0.2) is 12.2 Å². The summed E-state index contributed by atoms with van der Waals surface area (Å²) in [4.78, 5) is 0. The van der Waals surface area contributed by atoms with Crippen molar-refractivity contribution in [2.24, 2.45) is 0 Å². The van der Waals surface area contributed by atoms with Gasteiger partial charge in [-0.15, -0.1) is 0 Å². The molecule has 1 atom stereocenters. The summed E-state index contributed by atoms with van der Waals surface area (Å²) in [5, 5.41) is 13.0. The number of rotatable bonds is 3. The van der Waals surface area contributed by atoms with E-state index in [0.29, 0.717) is 11.8 Å². The van der Waals surface area contributed by atoms with Gasteiger partial charge in [0.15, 0.2) is 0 Å². The minimum absolute atomic E-state index is 0.308. The zero-order valence-corrected chi connectivity index (χ0v) is 10.9. The van der Waals surface area contributed by atoms with E-state index in [9.17, 15) is 5.11 Å². The van der Waals surface area contributed by atoms with Crippen LogP contribution < -0.4 is 10.1 Å². The number of phenols is 1. The van der Waals surface area contributed by atoms with Crippen molar-refractivity contribution in [2.45, 2.75) is 18.9 Å². The molecule has 3 heteroatoms. The smallest absolute Gasteiger partial charge is 0.120 e.